The van der Waals surface area contributed by atoms with E-state index in [0.29, 0.717) is 5.82 Å². The Morgan fingerprint density at radius 1 is 1.54 bits per heavy atom. The van der Waals surface area contributed by atoms with Gasteiger partial charge in [-0.2, -0.15) is 0 Å². The fraction of sp³-hybridized carbons (Fsp3) is 0.500. The van der Waals surface area contributed by atoms with Crippen molar-refractivity contribution in [3.05, 3.63) is 12.3 Å². The molecule has 0 saturated carbocycles. The summed E-state index contributed by atoms with van der Waals surface area (Å²) in [5.41, 5.74) is 5.52. The van der Waals surface area contributed by atoms with Crippen molar-refractivity contribution in [1.82, 2.24) is 14.9 Å². The Kier molecular flexibility index (Phi) is 3.98. The van der Waals surface area contributed by atoms with Crippen LogP contribution in [0.1, 0.15) is 0 Å². The van der Waals surface area contributed by atoms with Gasteiger partial charge in [0.05, 0.1) is 0 Å². The minimum absolute atomic E-state index is 0.530. The number of nitrogens with zero attached hydrogens (tertiary/aromatic N) is 3. The Morgan fingerprint density at radius 2 is 2.31 bits per heavy atom. The van der Waals surface area contributed by atoms with Gasteiger partial charge in [0.1, 0.15) is 5.82 Å². The highest BCUT2D eigenvalue weighted by molar-refractivity contribution is 7.99. The number of nitrogens with two attached hydrogens (primary N) is 1. The smallest absolute Gasteiger partial charge is 0.189 e. The first kappa shape index (κ1) is 10.3. The quantitative estimate of drug-likeness (QED) is 0.570. The zero-order valence-electron chi connectivity index (χ0n) is 7.90. The highest BCUT2D eigenvalue weighted by Crippen LogP contribution is 2.12. The molecule has 0 bridgehead atoms. The fourth-order valence-electron chi connectivity index (χ4n) is 0.743. The molecule has 72 valence electrons. The molecule has 2 N–H and O–H groups in total. The molecule has 0 aliphatic rings. The number of aromatic nitrogens is 2. The van der Waals surface area contributed by atoms with E-state index in [2.05, 4.69) is 14.9 Å². The van der Waals surface area contributed by atoms with Gasteiger partial charge in [0.15, 0.2) is 5.16 Å². The first-order valence-electron chi connectivity index (χ1n) is 4.04. The summed E-state index contributed by atoms with van der Waals surface area (Å²) in [5.74, 6) is 1.51. The minimum atomic E-state index is 0.530. The van der Waals surface area contributed by atoms with E-state index in [4.69, 9.17) is 5.73 Å². The van der Waals surface area contributed by atoms with Crippen molar-refractivity contribution < 1.29 is 0 Å². The second kappa shape index (κ2) is 5.04. The van der Waals surface area contributed by atoms with Crippen LogP contribution in [0.2, 0.25) is 0 Å². The first-order chi connectivity index (χ1) is 6.18. The van der Waals surface area contributed by atoms with Gasteiger partial charge in [-0.05, 0) is 20.2 Å². The Balaban J connectivity index is 2.37. The molecule has 0 atom stereocenters. The van der Waals surface area contributed by atoms with Crippen LogP contribution in [-0.4, -0.2) is 41.3 Å². The summed E-state index contributed by atoms with van der Waals surface area (Å²) in [7, 11) is 4.08. The second-order valence-corrected chi connectivity index (χ2v) is 3.98. The molecule has 0 unspecified atom stereocenters. The molecule has 1 aromatic rings. The number of rotatable bonds is 4. The van der Waals surface area contributed by atoms with E-state index in [0.717, 1.165) is 17.5 Å². The summed E-state index contributed by atoms with van der Waals surface area (Å²) in [4.78, 5) is 10.3. The molecule has 4 nitrogen and oxygen atoms in total. The maximum absolute atomic E-state index is 5.52. The Morgan fingerprint density at radius 3 is 2.92 bits per heavy atom. The topological polar surface area (TPSA) is 55.0 Å². The molecule has 0 radical (unpaired) electrons. The second-order valence-electron chi connectivity index (χ2n) is 2.92. The summed E-state index contributed by atoms with van der Waals surface area (Å²) in [5, 5.41) is 0.752. The molecule has 0 aromatic carbocycles. The van der Waals surface area contributed by atoms with Crippen molar-refractivity contribution in [2.24, 2.45) is 0 Å². The summed E-state index contributed by atoms with van der Waals surface area (Å²) in [6, 6.07) is 1.69. The van der Waals surface area contributed by atoms with Crippen LogP contribution in [-0.2, 0) is 0 Å². The van der Waals surface area contributed by atoms with Gasteiger partial charge >= 0.3 is 0 Å². The molecule has 0 spiro atoms. The number of hydrogen-bond acceptors (Lipinski definition) is 5. The van der Waals surface area contributed by atoms with Gasteiger partial charge in [0.2, 0.25) is 0 Å². The Hall–Kier alpha value is -0.810. The van der Waals surface area contributed by atoms with Crippen LogP contribution in [0.4, 0.5) is 5.82 Å². The Bertz CT molecular complexity index is 264. The summed E-state index contributed by atoms with van der Waals surface area (Å²) < 4.78 is 0. The van der Waals surface area contributed by atoms with E-state index in [9.17, 15) is 0 Å². The predicted octanol–water partition coefficient (Wildman–Crippen LogP) is 0.713. The average Bonchev–Trinajstić information content (AvgIpc) is 2.03. The van der Waals surface area contributed by atoms with Crippen molar-refractivity contribution >= 4 is 17.6 Å². The van der Waals surface area contributed by atoms with Gasteiger partial charge in [-0.15, -0.1) is 0 Å². The van der Waals surface area contributed by atoms with Gasteiger partial charge in [-0.3, -0.25) is 0 Å². The van der Waals surface area contributed by atoms with E-state index in [1.165, 1.54) is 0 Å². The van der Waals surface area contributed by atoms with Crippen molar-refractivity contribution in [3.8, 4) is 0 Å². The van der Waals surface area contributed by atoms with Crippen molar-refractivity contribution in [2.75, 3.05) is 32.1 Å². The molecular weight excluding hydrogens is 184 g/mol. The molecule has 5 heteroatoms. The normalized spacial score (nSPS) is 10.7. The third kappa shape index (κ3) is 4.10. The lowest BCUT2D eigenvalue weighted by molar-refractivity contribution is 0.437. The van der Waals surface area contributed by atoms with E-state index in [-0.39, 0.29) is 0 Å². The van der Waals surface area contributed by atoms with E-state index < -0.39 is 0 Å². The molecule has 1 heterocycles. The van der Waals surface area contributed by atoms with Gasteiger partial charge in [-0.1, -0.05) is 11.8 Å². The molecule has 13 heavy (non-hydrogen) atoms. The van der Waals surface area contributed by atoms with Crippen molar-refractivity contribution in [1.29, 1.82) is 0 Å². The molecular formula is C8H14N4S. The van der Waals surface area contributed by atoms with Crippen LogP contribution in [0.5, 0.6) is 0 Å². The number of nitrogen functional groups attached to an aromatic ring is 1. The largest absolute Gasteiger partial charge is 0.384 e. The van der Waals surface area contributed by atoms with Crippen molar-refractivity contribution in [3.63, 3.8) is 0 Å². The summed E-state index contributed by atoms with van der Waals surface area (Å²) >= 11 is 1.62. The van der Waals surface area contributed by atoms with Gasteiger partial charge in [0, 0.05) is 18.5 Å². The predicted molar refractivity (Wildman–Crippen MR) is 55.7 cm³/mol. The molecule has 0 amide bonds. The summed E-state index contributed by atoms with van der Waals surface area (Å²) in [6.45, 7) is 1.02. The number of hydrogen-bond donors (Lipinski definition) is 1. The molecule has 0 aliphatic heterocycles. The number of anilines is 1. The zero-order chi connectivity index (χ0) is 9.68. The highest BCUT2D eigenvalue weighted by Gasteiger charge is 1.97. The average molecular weight is 198 g/mol. The lowest BCUT2D eigenvalue weighted by Gasteiger charge is -2.07. The van der Waals surface area contributed by atoms with Crippen LogP contribution in [0.15, 0.2) is 17.4 Å². The van der Waals surface area contributed by atoms with Crippen LogP contribution in [0, 0.1) is 0 Å². The van der Waals surface area contributed by atoms with Crippen LogP contribution in [0.25, 0.3) is 0 Å². The molecule has 0 saturated heterocycles. The molecule has 1 aromatic heterocycles. The van der Waals surface area contributed by atoms with Crippen LogP contribution < -0.4 is 5.73 Å². The van der Waals surface area contributed by atoms with Gasteiger partial charge in [-0.25, -0.2) is 9.97 Å². The van der Waals surface area contributed by atoms with Gasteiger partial charge < -0.3 is 10.6 Å². The molecule has 0 fully saturated rings. The first-order valence-corrected chi connectivity index (χ1v) is 5.03. The third-order valence-electron chi connectivity index (χ3n) is 1.42. The SMILES string of the molecule is CN(C)CCSc1nccc(N)n1. The summed E-state index contributed by atoms with van der Waals surface area (Å²) in [6.07, 6.45) is 1.68. The standard InChI is InChI=1S/C8H14N4S/c1-12(2)5-6-13-8-10-4-3-7(9)11-8/h3-4H,5-6H2,1-2H3,(H2,9,10,11). The third-order valence-corrected chi connectivity index (χ3v) is 2.27. The lowest BCUT2D eigenvalue weighted by Crippen LogP contribution is -2.14. The fourth-order valence-corrected chi connectivity index (χ4v) is 1.69. The van der Waals surface area contributed by atoms with E-state index in [1.807, 2.05) is 14.1 Å². The monoisotopic (exact) mass is 198 g/mol. The Labute approximate surface area is 82.6 Å². The molecule has 1 rings (SSSR count). The highest BCUT2D eigenvalue weighted by atomic mass is 32.2. The van der Waals surface area contributed by atoms with E-state index in [1.54, 1.807) is 24.0 Å². The number of thioether (sulfide) groups is 1. The minimum Gasteiger partial charge on any atom is -0.384 e. The van der Waals surface area contributed by atoms with E-state index >= 15 is 0 Å². The van der Waals surface area contributed by atoms with Crippen LogP contribution >= 0.6 is 11.8 Å². The zero-order valence-corrected chi connectivity index (χ0v) is 8.71. The van der Waals surface area contributed by atoms with Crippen molar-refractivity contribution in [2.45, 2.75) is 5.16 Å². The van der Waals surface area contributed by atoms with Gasteiger partial charge in [0.25, 0.3) is 0 Å². The van der Waals surface area contributed by atoms with Crippen LogP contribution in [0.3, 0.4) is 0 Å². The lowest BCUT2D eigenvalue weighted by atomic mass is 10.6. The maximum atomic E-state index is 5.52. The maximum Gasteiger partial charge on any atom is 0.189 e. The molecule has 0 aliphatic carbocycles.